The summed E-state index contributed by atoms with van der Waals surface area (Å²) in [5.74, 6) is 3.16. The van der Waals surface area contributed by atoms with Gasteiger partial charge in [-0.3, -0.25) is 4.90 Å². The van der Waals surface area contributed by atoms with Gasteiger partial charge in [0.05, 0.1) is 32.7 Å². The Morgan fingerprint density at radius 2 is 1.87 bits per heavy atom. The third kappa shape index (κ3) is 3.99. The minimum Gasteiger partial charge on any atom is -0.493 e. The fourth-order valence-electron chi connectivity index (χ4n) is 4.00. The molecular weight excluding hydrogens is 404 g/mol. The Balaban J connectivity index is 1.45. The summed E-state index contributed by atoms with van der Waals surface area (Å²) >= 11 is 1.37. The molecular formula is C21H26N4O4S. The van der Waals surface area contributed by atoms with Crippen LogP contribution in [0, 0.1) is 6.92 Å². The normalized spacial score (nSPS) is 15.3. The molecule has 0 unspecified atom stereocenters. The number of aromatic nitrogens is 3. The van der Waals surface area contributed by atoms with Gasteiger partial charge in [-0.1, -0.05) is 15.7 Å². The molecule has 30 heavy (non-hydrogen) atoms. The van der Waals surface area contributed by atoms with Crippen molar-refractivity contribution in [2.24, 2.45) is 0 Å². The molecule has 0 atom stereocenters. The summed E-state index contributed by atoms with van der Waals surface area (Å²) in [7, 11) is 4.92. The van der Waals surface area contributed by atoms with Crippen LogP contribution in [0.3, 0.4) is 0 Å². The first-order valence-electron chi connectivity index (χ1n) is 9.90. The molecule has 0 bridgehead atoms. The van der Waals surface area contributed by atoms with E-state index in [9.17, 15) is 0 Å². The average molecular weight is 431 g/mol. The standard InChI is InChI=1S/C21H26N4O4S/c1-13-11-17(29-23-13)21-18(22-24-30-21)14-7-9-25(10-8-14)12-15-5-6-16(26-2)20(28-4)19(15)27-3/h5-6,11,14H,7-10,12H2,1-4H3. The van der Waals surface area contributed by atoms with Gasteiger partial charge in [-0.25, -0.2) is 0 Å². The molecule has 4 rings (SSSR count). The van der Waals surface area contributed by atoms with Gasteiger partial charge < -0.3 is 18.7 Å². The van der Waals surface area contributed by atoms with Crippen LogP contribution in [-0.2, 0) is 6.54 Å². The number of likely N-dealkylation sites (tertiary alicyclic amines) is 1. The maximum atomic E-state index is 5.63. The van der Waals surface area contributed by atoms with Crippen molar-refractivity contribution in [1.82, 2.24) is 19.6 Å². The quantitative estimate of drug-likeness (QED) is 0.558. The van der Waals surface area contributed by atoms with Crippen molar-refractivity contribution in [3.63, 3.8) is 0 Å². The Kier molecular flexibility index (Phi) is 6.19. The molecule has 2 aromatic heterocycles. The number of benzene rings is 1. The van der Waals surface area contributed by atoms with Gasteiger partial charge in [-0.2, -0.15) is 0 Å². The highest BCUT2D eigenvalue weighted by molar-refractivity contribution is 7.09. The highest BCUT2D eigenvalue weighted by Gasteiger charge is 2.28. The molecule has 160 valence electrons. The highest BCUT2D eigenvalue weighted by Crippen LogP contribution is 2.41. The van der Waals surface area contributed by atoms with Crippen LogP contribution in [0.1, 0.15) is 35.7 Å². The summed E-state index contributed by atoms with van der Waals surface area (Å²) in [6, 6.07) is 5.91. The van der Waals surface area contributed by atoms with E-state index in [1.54, 1.807) is 21.3 Å². The monoisotopic (exact) mass is 430 g/mol. The Labute approximate surface area is 179 Å². The van der Waals surface area contributed by atoms with E-state index >= 15 is 0 Å². The van der Waals surface area contributed by atoms with Crippen LogP contribution in [-0.4, -0.2) is 54.1 Å². The zero-order valence-corrected chi connectivity index (χ0v) is 18.5. The van der Waals surface area contributed by atoms with Crippen molar-refractivity contribution in [1.29, 1.82) is 0 Å². The summed E-state index contributed by atoms with van der Waals surface area (Å²) in [6.07, 6.45) is 2.03. The number of rotatable bonds is 7. The molecule has 1 aromatic carbocycles. The van der Waals surface area contributed by atoms with E-state index in [-0.39, 0.29) is 0 Å². The van der Waals surface area contributed by atoms with Crippen molar-refractivity contribution < 1.29 is 18.7 Å². The van der Waals surface area contributed by atoms with E-state index < -0.39 is 0 Å². The number of piperidine rings is 1. The van der Waals surface area contributed by atoms with Crippen LogP contribution in [0.2, 0.25) is 0 Å². The Morgan fingerprint density at radius 1 is 1.10 bits per heavy atom. The number of nitrogens with zero attached hydrogens (tertiary/aromatic N) is 4. The second-order valence-corrected chi connectivity index (χ2v) is 8.12. The number of hydrogen-bond acceptors (Lipinski definition) is 9. The van der Waals surface area contributed by atoms with Crippen LogP contribution in [0.15, 0.2) is 22.7 Å². The summed E-state index contributed by atoms with van der Waals surface area (Å²) in [4.78, 5) is 3.42. The second-order valence-electron chi connectivity index (χ2n) is 7.36. The lowest BCUT2D eigenvalue weighted by atomic mass is 9.92. The Hall–Kier alpha value is -2.65. The van der Waals surface area contributed by atoms with Crippen LogP contribution in [0.4, 0.5) is 0 Å². The third-order valence-electron chi connectivity index (χ3n) is 5.52. The summed E-state index contributed by atoms with van der Waals surface area (Å²) < 4.78 is 26.1. The molecule has 0 radical (unpaired) electrons. The molecule has 0 saturated carbocycles. The van der Waals surface area contributed by atoms with Crippen molar-refractivity contribution in [3.05, 3.63) is 35.2 Å². The van der Waals surface area contributed by atoms with Crippen molar-refractivity contribution >= 4 is 11.5 Å². The van der Waals surface area contributed by atoms with Gasteiger partial charge in [0, 0.05) is 24.1 Å². The molecule has 1 aliphatic rings. The topological polar surface area (TPSA) is 82.7 Å². The molecule has 8 nitrogen and oxygen atoms in total. The maximum absolute atomic E-state index is 5.63. The summed E-state index contributed by atoms with van der Waals surface area (Å²) in [5, 5.41) is 8.41. The van der Waals surface area contributed by atoms with Crippen LogP contribution < -0.4 is 14.2 Å². The van der Waals surface area contributed by atoms with Gasteiger partial charge in [0.2, 0.25) is 5.75 Å². The third-order valence-corrected chi connectivity index (χ3v) is 6.28. The van der Waals surface area contributed by atoms with Crippen molar-refractivity contribution in [2.75, 3.05) is 34.4 Å². The first-order chi connectivity index (χ1) is 14.6. The molecule has 1 fully saturated rings. The molecule has 9 heteroatoms. The minimum absolute atomic E-state index is 0.368. The predicted octanol–water partition coefficient (Wildman–Crippen LogP) is 3.91. The predicted molar refractivity (Wildman–Crippen MR) is 113 cm³/mol. The fraction of sp³-hybridized carbons (Fsp3) is 0.476. The molecule has 3 aromatic rings. The lowest BCUT2D eigenvalue weighted by Crippen LogP contribution is -2.32. The van der Waals surface area contributed by atoms with Crippen molar-refractivity contribution in [3.8, 4) is 27.9 Å². The van der Waals surface area contributed by atoms with Gasteiger partial charge in [0.1, 0.15) is 4.88 Å². The lowest BCUT2D eigenvalue weighted by molar-refractivity contribution is 0.200. The molecule has 0 amide bonds. The first-order valence-corrected chi connectivity index (χ1v) is 10.7. The number of methoxy groups -OCH3 is 3. The zero-order chi connectivity index (χ0) is 21.1. The minimum atomic E-state index is 0.368. The van der Waals surface area contributed by atoms with E-state index in [1.165, 1.54) is 11.5 Å². The molecule has 0 spiro atoms. The fourth-order valence-corrected chi connectivity index (χ4v) is 4.70. The van der Waals surface area contributed by atoms with E-state index in [2.05, 4.69) is 19.6 Å². The maximum Gasteiger partial charge on any atom is 0.203 e. The largest absolute Gasteiger partial charge is 0.493 e. The molecule has 0 N–H and O–H groups in total. The summed E-state index contributed by atoms with van der Waals surface area (Å²) in [6.45, 7) is 4.64. The summed E-state index contributed by atoms with van der Waals surface area (Å²) in [5.41, 5.74) is 2.98. The average Bonchev–Trinajstić information content (AvgIpc) is 3.42. The van der Waals surface area contributed by atoms with Gasteiger partial charge in [-0.15, -0.1) is 5.10 Å². The SMILES string of the molecule is COc1ccc(CN2CCC(c3nnsc3-c3cc(C)no3)CC2)c(OC)c1OC. The van der Waals surface area contributed by atoms with Crippen LogP contribution >= 0.6 is 11.5 Å². The second kappa shape index (κ2) is 9.01. The van der Waals surface area contributed by atoms with Crippen LogP contribution in [0.25, 0.3) is 10.6 Å². The van der Waals surface area contributed by atoms with Gasteiger partial charge >= 0.3 is 0 Å². The Bertz CT molecular complexity index is 995. The molecule has 1 aliphatic heterocycles. The van der Waals surface area contributed by atoms with E-state index in [0.29, 0.717) is 17.4 Å². The van der Waals surface area contributed by atoms with Crippen LogP contribution in [0.5, 0.6) is 17.2 Å². The first kappa shape index (κ1) is 20.6. The number of ether oxygens (including phenoxy) is 3. The number of hydrogen-bond donors (Lipinski definition) is 0. The molecule has 3 heterocycles. The van der Waals surface area contributed by atoms with E-state index in [4.69, 9.17) is 18.7 Å². The molecule has 0 aliphatic carbocycles. The Morgan fingerprint density at radius 3 is 2.50 bits per heavy atom. The zero-order valence-electron chi connectivity index (χ0n) is 17.7. The number of aryl methyl sites for hydroxylation is 1. The van der Waals surface area contributed by atoms with E-state index in [0.717, 1.165) is 65.8 Å². The van der Waals surface area contributed by atoms with Crippen molar-refractivity contribution in [2.45, 2.75) is 32.2 Å². The lowest BCUT2D eigenvalue weighted by Gasteiger charge is -2.31. The van der Waals surface area contributed by atoms with E-state index in [1.807, 2.05) is 25.1 Å². The van der Waals surface area contributed by atoms with Gasteiger partial charge in [-0.05, 0) is 50.5 Å². The molecule has 1 saturated heterocycles. The smallest absolute Gasteiger partial charge is 0.203 e. The highest BCUT2D eigenvalue weighted by atomic mass is 32.1. The van der Waals surface area contributed by atoms with Gasteiger partial charge in [0.25, 0.3) is 0 Å². The van der Waals surface area contributed by atoms with Gasteiger partial charge in [0.15, 0.2) is 17.3 Å².